The van der Waals surface area contributed by atoms with Gasteiger partial charge in [0.2, 0.25) is 5.75 Å². The molecule has 1 aliphatic heterocycles. The fraction of sp³-hybridized carbons (Fsp3) is 0.190. The second-order valence-electron chi connectivity index (χ2n) is 5.82. The number of benzene rings is 2. The van der Waals surface area contributed by atoms with Gasteiger partial charge in [-0.1, -0.05) is 29.8 Å². The van der Waals surface area contributed by atoms with Crippen LogP contribution < -0.4 is 14.2 Å². The summed E-state index contributed by atoms with van der Waals surface area (Å²) in [6.45, 7) is 2.01. The van der Waals surface area contributed by atoms with Crippen molar-refractivity contribution in [3.63, 3.8) is 0 Å². The minimum absolute atomic E-state index is 0.394. The Kier molecular flexibility index (Phi) is 4.98. The van der Waals surface area contributed by atoms with E-state index in [1.54, 1.807) is 45.6 Å². The molecule has 0 N–H and O–H groups in total. The first-order valence-corrected chi connectivity index (χ1v) is 8.08. The summed E-state index contributed by atoms with van der Waals surface area (Å²) in [5, 5.41) is 0. The van der Waals surface area contributed by atoms with Crippen LogP contribution in [0.1, 0.15) is 16.7 Å². The minimum Gasteiger partial charge on any atom is -0.493 e. The zero-order valence-corrected chi connectivity index (χ0v) is 15.2. The van der Waals surface area contributed by atoms with Crippen LogP contribution in [0.3, 0.4) is 0 Å². The van der Waals surface area contributed by atoms with Crippen LogP contribution in [0.2, 0.25) is 0 Å². The number of hydrogen-bond acceptors (Lipinski definition) is 5. The van der Waals surface area contributed by atoms with Crippen molar-refractivity contribution in [1.82, 2.24) is 0 Å². The van der Waals surface area contributed by atoms with Gasteiger partial charge in [-0.15, -0.1) is 0 Å². The van der Waals surface area contributed by atoms with Crippen LogP contribution in [0.4, 0.5) is 0 Å². The Hall–Kier alpha value is -3.21. The van der Waals surface area contributed by atoms with Crippen molar-refractivity contribution in [2.24, 2.45) is 0 Å². The van der Waals surface area contributed by atoms with Gasteiger partial charge in [-0.05, 0) is 36.8 Å². The summed E-state index contributed by atoms with van der Waals surface area (Å²) in [5.41, 5.74) is 3.20. The lowest BCUT2D eigenvalue weighted by Gasteiger charge is -2.12. The summed E-state index contributed by atoms with van der Waals surface area (Å²) < 4.78 is 21.4. The largest absolute Gasteiger partial charge is 0.493 e. The SMILES string of the molecule is COc1cc(/C=C2/C=C(c3ccc(C)cc3)OC2=O)cc(OC)c1OC. The number of esters is 1. The molecule has 0 aliphatic carbocycles. The van der Waals surface area contributed by atoms with E-state index in [0.717, 1.165) is 16.7 Å². The lowest BCUT2D eigenvalue weighted by molar-refractivity contribution is -0.130. The highest BCUT2D eigenvalue weighted by Crippen LogP contribution is 2.39. The smallest absolute Gasteiger partial charge is 0.343 e. The average molecular weight is 352 g/mol. The third-order valence-corrected chi connectivity index (χ3v) is 4.07. The predicted octanol–water partition coefficient (Wildman–Crippen LogP) is 4.00. The zero-order valence-electron chi connectivity index (χ0n) is 15.2. The van der Waals surface area contributed by atoms with Crippen LogP contribution in [0, 0.1) is 6.92 Å². The van der Waals surface area contributed by atoms with E-state index < -0.39 is 5.97 Å². The topological polar surface area (TPSA) is 54.0 Å². The van der Waals surface area contributed by atoms with Crippen LogP contribution >= 0.6 is 0 Å². The normalized spacial score (nSPS) is 14.8. The Labute approximate surface area is 152 Å². The van der Waals surface area contributed by atoms with Gasteiger partial charge in [-0.3, -0.25) is 0 Å². The third-order valence-electron chi connectivity index (χ3n) is 4.07. The minimum atomic E-state index is -0.394. The maximum atomic E-state index is 12.2. The van der Waals surface area contributed by atoms with E-state index in [2.05, 4.69) is 0 Å². The van der Waals surface area contributed by atoms with Crippen molar-refractivity contribution in [2.75, 3.05) is 21.3 Å². The number of rotatable bonds is 5. The Morgan fingerprint density at radius 3 is 2.08 bits per heavy atom. The van der Waals surface area contributed by atoms with Gasteiger partial charge in [0.15, 0.2) is 11.5 Å². The van der Waals surface area contributed by atoms with Gasteiger partial charge in [0.05, 0.1) is 26.9 Å². The number of aryl methyl sites for hydroxylation is 1. The van der Waals surface area contributed by atoms with Gasteiger partial charge in [0.25, 0.3) is 0 Å². The molecular weight excluding hydrogens is 332 g/mol. The average Bonchev–Trinajstić information content (AvgIpc) is 3.01. The zero-order chi connectivity index (χ0) is 18.7. The number of ether oxygens (including phenoxy) is 4. The fourth-order valence-electron chi connectivity index (χ4n) is 2.71. The number of hydrogen-bond donors (Lipinski definition) is 0. The molecule has 1 heterocycles. The summed E-state index contributed by atoms with van der Waals surface area (Å²) in [6.07, 6.45) is 3.46. The lowest BCUT2D eigenvalue weighted by Crippen LogP contribution is -1.98. The Morgan fingerprint density at radius 2 is 1.54 bits per heavy atom. The lowest BCUT2D eigenvalue weighted by atomic mass is 10.1. The van der Waals surface area contributed by atoms with Crippen LogP contribution in [-0.2, 0) is 9.53 Å². The highest BCUT2D eigenvalue weighted by Gasteiger charge is 2.22. The summed E-state index contributed by atoms with van der Waals surface area (Å²) in [4.78, 5) is 12.2. The number of cyclic esters (lactones) is 1. The second kappa shape index (κ2) is 7.35. The number of methoxy groups -OCH3 is 3. The Morgan fingerprint density at radius 1 is 0.923 bits per heavy atom. The fourth-order valence-corrected chi connectivity index (χ4v) is 2.71. The molecule has 3 rings (SSSR count). The molecule has 0 fully saturated rings. The van der Waals surface area contributed by atoms with E-state index in [1.165, 1.54) is 0 Å². The van der Waals surface area contributed by atoms with Crippen molar-refractivity contribution in [1.29, 1.82) is 0 Å². The maximum Gasteiger partial charge on any atom is 0.343 e. The Bertz CT molecular complexity index is 866. The highest BCUT2D eigenvalue weighted by molar-refractivity contribution is 6.05. The summed E-state index contributed by atoms with van der Waals surface area (Å²) in [5.74, 6) is 1.69. The molecule has 5 nitrogen and oxygen atoms in total. The molecule has 5 heteroatoms. The maximum absolute atomic E-state index is 12.2. The molecule has 1 aliphatic rings. The summed E-state index contributed by atoms with van der Waals surface area (Å²) in [7, 11) is 4.64. The number of carbonyl (C=O) groups excluding carboxylic acids is 1. The van der Waals surface area contributed by atoms with E-state index in [4.69, 9.17) is 18.9 Å². The van der Waals surface area contributed by atoms with Gasteiger partial charge >= 0.3 is 5.97 Å². The molecule has 0 radical (unpaired) electrons. The first kappa shape index (κ1) is 17.6. The number of carbonyl (C=O) groups is 1. The molecule has 2 aromatic carbocycles. The molecule has 0 aromatic heterocycles. The quantitative estimate of drug-likeness (QED) is 0.601. The van der Waals surface area contributed by atoms with Gasteiger partial charge in [-0.2, -0.15) is 0 Å². The molecule has 0 unspecified atom stereocenters. The van der Waals surface area contributed by atoms with Crippen molar-refractivity contribution >= 4 is 17.8 Å². The van der Waals surface area contributed by atoms with Crippen LogP contribution in [0.5, 0.6) is 17.2 Å². The van der Waals surface area contributed by atoms with Crippen molar-refractivity contribution in [2.45, 2.75) is 6.92 Å². The summed E-state index contributed by atoms with van der Waals surface area (Å²) in [6, 6.07) is 11.4. The molecule has 26 heavy (non-hydrogen) atoms. The first-order valence-electron chi connectivity index (χ1n) is 8.08. The molecule has 0 spiro atoms. The molecule has 0 bridgehead atoms. The van der Waals surface area contributed by atoms with Crippen LogP contribution in [0.25, 0.3) is 11.8 Å². The predicted molar refractivity (Wildman–Crippen MR) is 99.3 cm³/mol. The van der Waals surface area contributed by atoms with Crippen molar-refractivity contribution < 1.29 is 23.7 Å². The van der Waals surface area contributed by atoms with Gasteiger partial charge in [0.1, 0.15) is 5.76 Å². The van der Waals surface area contributed by atoms with E-state index in [9.17, 15) is 4.79 Å². The van der Waals surface area contributed by atoms with Gasteiger partial charge in [0, 0.05) is 5.56 Å². The monoisotopic (exact) mass is 352 g/mol. The van der Waals surface area contributed by atoms with E-state index in [1.807, 2.05) is 31.2 Å². The van der Waals surface area contributed by atoms with E-state index >= 15 is 0 Å². The highest BCUT2D eigenvalue weighted by atomic mass is 16.5. The Balaban J connectivity index is 1.99. The molecule has 0 saturated heterocycles. The second-order valence-corrected chi connectivity index (χ2v) is 5.82. The van der Waals surface area contributed by atoms with Crippen LogP contribution in [0.15, 0.2) is 48.0 Å². The molecule has 0 atom stereocenters. The molecule has 0 amide bonds. The third kappa shape index (κ3) is 3.42. The molecule has 2 aromatic rings. The van der Waals surface area contributed by atoms with Gasteiger partial charge in [-0.25, -0.2) is 4.79 Å². The first-order chi connectivity index (χ1) is 12.5. The van der Waals surface area contributed by atoms with E-state index in [-0.39, 0.29) is 0 Å². The molecule has 134 valence electrons. The van der Waals surface area contributed by atoms with Crippen molar-refractivity contribution in [3.8, 4) is 17.2 Å². The van der Waals surface area contributed by atoms with E-state index in [0.29, 0.717) is 28.6 Å². The molecule has 0 saturated carbocycles. The van der Waals surface area contributed by atoms with Gasteiger partial charge < -0.3 is 18.9 Å². The van der Waals surface area contributed by atoms with Crippen molar-refractivity contribution in [3.05, 3.63) is 64.7 Å². The summed E-state index contributed by atoms with van der Waals surface area (Å²) >= 11 is 0. The standard InChI is InChI=1S/C21H20O5/c1-13-5-7-15(8-6-13)17-12-16(21(22)26-17)9-14-10-18(23-2)20(25-4)19(11-14)24-3/h5-12H,1-4H3/b16-9-. The van der Waals surface area contributed by atoms with Crippen LogP contribution in [-0.4, -0.2) is 27.3 Å². The molecular formula is C21H20O5.